The van der Waals surface area contributed by atoms with E-state index in [2.05, 4.69) is 10.1 Å². The Morgan fingerprint density at radius 2 is 2.17 bits per heavy atom. The van der Waals surface area contributed by atoms with Crippen LogP contribution in [0.1, 0.15) is 50.2 Å². The maximum Gasteiger partial charge on any atom is 0.229 e. The van der Waals surface area contributed by atoms with Crippen LogP contribution in [0.25, 0.3) is 0 Å². The van der Waals surface area contributed by atoms with Crippen LogP contribution < -0.4 is 0 Å². The molecule has 0 radical (unpaired) electrons. The summed E-state index contributed by atoms with van der Waals surface area (Å²) in [6.07, 6.45) is 0.818. The minimum atomic E-state index is -0.124. The van der Waals surface area contributed by atoms with Gasteiger partial charge in [-0.05, 0) is 6.42 Å². The van der Waals surface area contributed by atoms with E-state index in [0.717, 1.165) is 6.42 Å². The second kappa shape index (κ2) is 3.90. The van der Waals surface area contributed by atoms with Crippen LogP contribution in [-0.4, -0.2) is 10.1 Å². The van der Waals surface area contributed by atoms with E-state index < -0.39 is 0 Å². The maximum absolute atomic E-state index is 5.92. The van der Waals surface area contributed by atoms with Crippen molar-refractivity contribution in [2.75, 3.05) is 0 Å². The Balaban J connectivity index is 2.77. The summed E-state index contributed by atoms with van der Waals surface area (Å²) in [5.41, 5.74) is 0. The SMILES string of the molecule is CCC(Cl)c1noc(C(C)C)n1. The molecule has 12 heavy (non-hydrogen) atoms. The lowest BCUT2D eigenvalue weighted by Crippen LogP contribution is -1.92. The second-order valence-corrected chi connectivity index (χ2v) is 3.55. The zero-order valence-corrected chi connectivity index (χ0v) is 8.30. The Labute approximate surface area is 77.1 Å². The molecule has 0 aliphatic heterocycles. The minimum Gasteiger partial charge on any atom is -0.339 e. The molecule has 1 heterocycles. The van der Waals surface area contributed by atoms with Crippen molar-refractivity contribution in [1.82, 2.24) is 10.1 Å². The van der Waals surface area contributed by atoms with Crippen LogP contribution in [0.2, 0.25) is 0 Å². The smallest absolute Gasteiger partial charge is 0.229 e. The first-order chi connectivity index (χ1) is 5.65. The van der Waals surface area contributed by atoms with Crippen LogP contribution >= 0.6 is 11.6 Å². The molecule has 0 fully saturated rings. The summed E-state index contributed by atoms with van der Waals surface area (Å²) in [6, 6.07) is 0. The van der Waals surface area contributed by atoms with E-state index in [4.69, 9.17) is 16.1 Å². The fourth-order valence-corrected chi connectivity index (χ4v) is 0.880. The summed E-state index contributed by atoms with van der Waals surface area (Å²) < 4.78 is 5.00. The van der Waals surface area contributed by atoms with Crippen molar-refractivity contribution in [2.45, 2.75) is 38.5 Å². The zero-order valence-electron chi connectivity index (χ0n) is 7.54. The van der Waals surface area contributed by atoms with E-state index in [9.17, 15) is 0 Å². The van der Waals surface area contributed by atoms with E-state index >= 15 is 0 Å². The lowest BCUT2D eigenvalue weighted by Gasteiger charge is -1.96. The first-order valence-corrected chi connectivity index (χ1v) is 4.56. The molecule has 0 aliphatic rings. The molecule has 3 nitrogen and oxygen atoms in total. The number of rotatable bonds is 3. The highest BCUT2D eigenvalue weighted by Crippen LogP contribution is 2.22. The summed E-state index contributed by atoms with van der Waals surface area (Å²) in [7, 11) is 0. The van der Waals surface area contributed by atoms with Gasteiger partial charge in [-0.1, -0.05) is 25.9 Å². The monoisotopic (exact) mass is 188 g/mol. The molecule has 4 heteroatoms. The highest BCUT2D eigenvalue weighted by atomic mass is 35.5. The van der Waals surface area contributed by atoms with Gasteiger partial charge in [0.15, 0.2) is 5.82 Å². The number of halogens is 1. The van der Waals surface area contributed by atoms with Crippen molar-refractivity contribution < 1.29 is 4.52 Å². The molecule has 1 unspecified atom stereocenters. The van der Waals surface area contributed by atoms with E-state index in [1.807, 2.05) is 20.8 Å². The lowest BCUT2D eigenvalue weighted by atomic mass is 10.2. The molecule has 0 saturated carbocycles. The van der Waals surface area contributed by atoms with Crippen LogP contribution in [0.15, 0.2) is 4.52 Å². The first-order valence-electron chi connectivity index (χ1n) is 4.12. The Bertz CT molecular complexity index is 247. The first kappa shape index (κ1) is 9.52. The van der Waals surface area contributed by atoms with Gasteiger partial charge in [0.1, 0.15) is 0 Å². The summed E-state index contributed by atoms with van der Waals surface area (Å²) in [5.74, 6) is 1.53. The van der Waals surface area contributed by atoms with Crippen LogP contribution in [0.3, 0.4) is 0 Å². The summed E-state index contributed by atoms with van der Waals surface area (Å²) in [5, 5.41) is 3.67. The van der Waals surface area contributed by atoms with Crippen molar-refractivity contribution in [3.63, 3.8) is 0 Å². The lowest BCUT2D eigenvalue weighted by molar-refractivity contribution is 0.360. The third-order valence-electron chi connectivity index (χ3n) is 1.59. The number of hydrogen-bond acceptors (Lipinski definition) is 3. The predicted molar refractivity (Wildman–Crippen MR) is 47.3 cm³/mol. The molecule has 0 aromatic carbocycles. The predicted octanol–water partition coefficient (Wildman–Crippen LogP) is 2.88. The van der Waals surface area contributed by atoms with Gasteiger partial charge in [0.25, 0.3) is 0 Å². The highest BCUT2D eigenvalue weighted by molar-refractivity contribution is 6.20. The van der Waals surface area contributed by atoms with Gasteiger partial charge in [-0.2, -0.15) is 4.98 Å². The third-order valence-corrected chi connectivity index (χ3v) is 2.09. The molecule has 1 rings (SSSR count). The second-order valence-electron chi connectivity index (χ2n) is 3.02. The fraction of sp³-hybridized carbons (Fsp3) is 0.750. The van der Waals surface area contributed by atoms with Crippen molar-refractivity contribution in [3.05, 3.63) is 11.7 Å². The Morgan fingerprint density at radius 3 is 2.58 bits per heavy atom. The van der Waals surface area contributed by atoms with Gasteiger partial charge in [-0.25, -0.2) is 0 Å². The van der Waals surface area contributed by atoms with Crippen molar-refractivity contribution in [1.29, 1.82) is 0 Å². The molecule has 1 aromatic heterocycles. The quantitative estimate of drug-likeness (QED) is 0.685. The van der Waals surface area contributed by atoms with Crippen molar-refractivity contribution in [3.8, 4) is 0 Å². The number of nitrogens with zero attached hydrogens (tertiary/aromatic N) is 2. The Hall–Kier alpha value is -0.570. The van der Waals surface area contributed by atoms with Gasteiger partial charge < -0.3 is 4.52 Å². The Morgan fingerprint density at radius 1 is 1.50 bits per heavy atom. The van der Waals surface area contributed by atoms with Crippen molar-refractivity contribution >= 4 is 11.6 Å². The van der Waals surface area contributed by atoms with Crippen molar-refractivity contribution in [2.24, 2.45) is 0 Å². The summed E-state index contributed by atoms with van der Waals surface area (Å²) >= 11 is 5.92. The number of aromatic nitrogens is 2. The van der Waals surface area contributed by atoms with Gasteiger partial charge in [0.05, 0.1) is 5.38 Å². The van der Waals surface area contributed by atoms with Crippen LogP contribution in [0, 0.1) is 0 Å². The molecule has 68 valence electrons. The van der Waals surface area contributed by atoms with Gasteiger partial charge >= 0.3 is 0 Å². The standard InChI is InChI=1S/C8H13ClN2O/c1-4-6(9)7-10-8(5(2)3)12-11-7/h5-6H,4H2,1-3H3. The zero-order chi connectivity index (χ0) is 9.14. The molecule has 0 saturated heterocycles. The average molecular weight is 189 g/mol. The van der Waals surface area contributed by atoms with Crippen LogP contribution in [0.5, 0.6) is 0 Å². The largest absolute Gasteiger partial charge is 0.339 e. The maximum atomic E-state index is 5.92. The average Bonchev–Trinajstić information content (AvgIpc) is 2.51. The molecule has 0 aliphatic carbocycles. The molecule has 0 N–H and O–H groups in total. The van der Waals surface area contributed by atoms with E-state index in [0.29, 0.717) is 11.7 Å². The topological polar surface area (TPSA) is 38.9 Å². The van der Waals surface area contributed by atoms with E-state index in [1.165, 1.54) is 0 Å². The van der Waals surface area contributed by atoms with Gasteiger partial charge in [0.2, 0.25) is 5.89 Å². The van der Waals surface area contributed by atoms with Gasteiger partial charge in [-0.15, -0.1) is 11.6 Å². The molecule has 0 spiro atoms. The van der Waals surface area contributed by atoms with Gasteiger partial charge in [0, 0.05) is 5.92 Å². The summed E-state index contributed by atoms with van der Waals surface area (Å²) in [4.78, 5) is 4.17. The normalized spacial score (nSPS) is 13.8. The molecule has 1 atom stereocenters. The van der Waals surface area contributed by atoms with Crippen LogP contribution in [-0.2, 0) is 0 Å². The van der Waals surface area contributed by atoms with Gasteiger partial charge in [-0.3, -0.25) is 0 Å². The minimum absolute atomic E-state index is 0.124. The molecule has 0 amide bonds. The molecular formula is C8H13ClN2O. The fourth-order valence-electron chi connectivity index (χ4n) is 0.792. The number of alkyl halides is 1. The Kier molecular flexibility index (Phi) is 3.09. The highest BCUT2D eigenvalue weighted by Gasteiger charge is 2.15. The molecular weight excluding hydrogens is 176 g/mol. The van der Waals surface area contributed by atoms with Crippen LogP contribution in [0.4, 0.5) is 0 Å². The number of hydrogen-bond donors (Lipinski definition) is 0. The third kappa shape index (κ3) is 1.97. The van der Waals surface area contributed by atoms with E-state index in [1.54, 1.807) is 0 Å². The molecule has 1 aromatic rings. The van der Waals surface area contributed by atoms with E-state index in [-0.39, 0.29) is 11.3 Å². The summed E-state index contributed by atoms with van der Waals surface area (Å²) in [6.45, 7) is 6.00. The molecule has 0 bridgehead atoms.